The average molecular weight is 311 g/mol. The molecule has 0 aromatic heterocycles. The number of carbonyl (C=O) groups excluding carboxylic acids is 1. The van der Waals surface area contributed by atoms with Gasteiger partial charge in [-0.2, -0.15) is 23.3 Å². The molecule has 1 amide bonds. The van der Waals surface area contributed by atoms with Crippen molar-refractivity contribution < 1.29 is 18.0 Å². The Morgan fingerprint density at radius 2 is 1.89 bits per heavy atom. The largest absolute Gasteiger partial charge is 0.432 e. The van der Waals surface area contributed by atoms with E-state index in [0.29, 0.717) is 5.01 Å². The second-order valence-corrected chi connectivity index (χ2v) is 4.77. The van der Waals surface area contributed by atoms with Crippen molar-refractivity contribution in [2.45, 2.75) is 13.1 Å². The highest BCUT2D eigenvalue weighted by Gasteiger charge is 2.48. The number of hydrazone groups is 1. The maximum atomic E-state index is 12.7. The third kappa shape index (κ3) is 2.55. The first-order chi connectivity index (χ1) is 8.71. The lowest BCUT2D eigenvalue weighted by Crippen LogP contribution is -2.31. The molecule has 0 N–H and O–H groups in total. The van der Waals surface area contributed by atoms with E-state index < -0.39 is 23.7 Å². The number of hydrogen-bond donors (Lipinski definition) is 0. The van der Waals surface area contributed by atoms with Crippen LogP contribution in [0, 0.1) is 5.92 Å². The van der Waals surface area contributed by atoms with E-state index in [0.717, 1.165) is 6.92 Å². The Hall–Kier alpha value is -1.27. The molecule has 0 saturated heterocycles. The van der Waals surface area contributed by atoms with Crippen molar-refractivity contribution in [1.82, 2.24) is 0 Å². The molecular formula is C11H7Cl2F3N2O. The molecule has 102 valence electrons. The van der Waals surface area contributed by atoms with Gasteiger partial charge in [0.1, 0.15) is 0 Å². The van der Waals surface area contributed by atoms with Crippen LogP contribution in [-0.2, 0) is 4.79 Å². The Bertz CT molecular complexity index is 572. The summed E-state index contributed by atoms with van der Waals surface area (Å²) < 4.78 is 38.0. The number of nitrogens with zero attached hydrogens (tertiary/aromatic N) is 2. The van der Waals surface area contributed by atoms with Crippen LogP contribution in [0.1, 0.15) is 6.92 Å². The Labute approximate surface area is 116 Å². The van der Waals surface area contributed by atoms with Crippen molar-refractivity contribution >= 4 is 40.5 Å². The van der Waals surface area contributed by atoms with E-state index in [1.54, 1.807) is 0 Å². The van der Waals surface area contributed by atoms with Crippen LogP contribution in [-0.4, -0.2) is 17.8 Å². The Morgan fingerprint density at radius 3 is 2.37 bits per heavy atom. The Kier molecular flexibility index (Phi) is 3.49. The van der Waals surface area contributed by atoms with Gasteiger partial charge in [-0.05, 0) is 25.1 Å². The fraction of sp³-hybridized carbons (Fsp3) is 0.273. The van der Waals surface area contributed by atoms with Gasteiger partial charge in [0.25, 0.3) is 5.91 Å². The van der Waals surface area contributed by atoms with E-state index in [2.05, 4.69) is 5.10 Å². The molecule has 1 atom stereocenters. The first-order valence-electron chi connectivity index (χ1n) is 5.16. The molecule has 1 aliphatic rings. The van der Waals surface area contributed by atoms with Crippen LogP contribution in [0.15, 0.2) is 23.3 Å². The van der Waals surface area contributed by atoms with E-state index in [9.17, 15) is 18.0 Å². The van der Waals surface area contributed by atoms with Crippen LogP contribution in [0.4, 0.5) is 18.9 Å². The first-order valence-corrected chi connectivity index (χ1v) is 5.92. The summed E-state index contributed by atoms with van der Waals surface area (Å²) in [6, 6.07) is 4.05. The summed E-state index contributed by atoms with van der Waals surface area (Å²) in [5.41, 5.74) is -0.978. The molecule has 1 aromatic rings. The summed E-state index contributed by atoms with van der Waals surface area (Å²) in [5, 5.41) is 4.40. The van der Waals surface area contributed by atoms with Gasteiger partial charge in [0.05, 0.1) is 21.7 Å². The zero-order valence-electron chi connectivity index (χ0n) is 9.50. The average Bonchev–Trinajstić information content (AvgIpc) is 2.60. The molecule has 1 aliphatic heterocycles. The molecule has 2 rings (SSSR count). The van der Waals surface area contributed by atoms with Gasteiger partial charge < -0.3 is 0 Å². The number of benzene rings is 1. The number of hydrogen-bond acceptors (Lipinski definition) is 2. The molecule has 0 saturated carbocycles. The molecule has 0 fully saturated rings. The predicted molar refractivity (Wildman–Crippen MR) is 66.6 cm³/mol. The van der Waals surface area contributed by atoms with Crippen LogP contribution in [0.3, 0.4) is 0 Å². The highest BCUT2D eigenvalue weighted by atomic mass is 35.5. The highest BCUT2D eigenvalue weighted by Crippen LogP contribution is 2.34. The van der Waals surface area contributed by atoms with Crippen molar-refractivity contribution in [3.8, 4) is 0 Å². The fourth-order valence-electron chi connectivity index (χ4n) is 1.65. The zero-order chi connectivity index (χ0) is 14.4. The van der Waals surface area contributed by atoms with Crippen molar-refractivity contribution in [1.29, 1.82) is 0 Å². The Morgan fingerprint density at radius 1 is 1.26 bits per heavy atom. The molecule has 0 spiro atoms. The molecule has 0 radical (unpaired) electrons. The summed E-state index contributed by atoms with van der Waals surface area (Å²) in [5.74, 6) is -2.10. The number of alkyl halides is 3. The van der Waals surface area contributed by atoms with Gasteiger partial charge in [0, 0.05) is 0 Å². The normalized spacial score (nSPS) is 19.9. The SMILES string of the molecule is CC1C(=O)N(c2ccc(Cl)c(Cl)c2)N=C1C(F)(F)F. The molecule has 8 heteroatoms. The molecule has 19 heavy (non-hydrogen) atoms. The first kappa shape index (κ1) is 14.1. The molecular weight excluding hydrogens is 304 g/mol. The zero-order valence-corrected chi connectivity index (χ0v) is 11.0. The minimum atomic E-state index is -4.64. The number of anilines is 1. The molecule has 0 aliphatic carbocycles. The lowest BCUT2D eigenvalue weighted by atomic mass is 10.1. The van der Waals surface area contributed by atoms with Gasteiger partial charge in [-0.3, -0.25) is 4.79 Å². The van der Waals surface area contributed by atoms with Crippen LogP contribution < -0.4 is 5.01 Å². The summed E-state index contributed by atoms with van der Waals surface area (Å²) in [6.07, 6.45) is -4.64. The highest BCUT2D eigenvalue weighted by molar-refractivity contribution is 6.42. The van der Waals surface area contributed by atoms with Gasteiger partial charge in [-0.1, -0.05) is 23.2 Å². The predicted octanol–water partition coefficient (Wildman–Crippen LogP) is 3.89. The van der Waals surface area contributed by atoms with Crippen LogP contribution in [0.25, 0.3) is 0 Å². The lowest BCUT2D eigenvalue weighted by molar-refractivity contribution is -0.120. The van der Waals surface area contributed by atoms with E-state index in [4.69, 9.17) is 23.2 Å². The van der Waals surface area contributed by atoms with Gasteiger partial charge in [0.2, 0.25) is 0 Å². The maximum absolute atomic E-state index is 12.7. The second-order valence-electron chi connectivity index (χ2n) is 3.95. The molecule has 1 unspecified atom stereocenters. The quantitative estimate of drug-likeness (QED) is 0.774. The van der Waals surface area contributed by atoms with Crippen molar-refractivity contribution in [3.05, 3.63) is 28.2 Å². The van der Waals surface area contributed by atoms with Crippen LogP contribution in [0.5, 0.6) is 0 Å². The van der Waals surface area contributed by atoms with Crippen molar-refractivity contribution in [2.75, 3.05) is 5.01 Å². The smallest absolute Gasteiger partial charge is 0.272 e. The summed E-state index contributed by atoms with van der Waals surface area (Å²) in [7, 11) is 0. The summed E-state index contributed by atoms with van der Waals surface area (Å²) in [6.45, 7) is 1.16. The lowest BCUT2D eigenvalue weighted by Gasteiger charge is -2.13. The number of rotatable bonds is 1. The third-order valence-corrected chi connectivity index (χ3v) is 3.37. The van der Waals surface area contributed by atoms with Crippen LogP contribution >= 0.6 is 23.2 Å². The minimum Gasteiger partial charge on any atom is -0.272 e. The summed E-state index contributed by atoms with van der Waals surface area (Å²) >= 11 is 11.5. The number of amides is 1. The van der Waals surface area contributed by atoms with Gasteiger partial charge in [-0.15, -0.1) is 0 Å². The van der Waals surface area contributed by atoms with Crippen molar-refractivity contribution in [3.63, 3.8) is 0 Å². The monoisotopic (exact) mass is 310 g/mol. The molecule has 3 nitrogen and oxygen atoms in total. The van der Waals surface area contributed by atoms with E-state index in [1.807, 2.05) is 0 Å². The standard InChI is InChI=1S/C11H7Cl2F3N2O/c1-5-9(11(14,15)16)17-18(10(5)19)6-2-3-7(12)8(13)4-6/h2-5H,1H3. The molecule has 1 aromatic carbocycles. The third-order valence-electron chi connectivity index (χ3n) is 2.64. The number of halogens is 5. The fourth-order valence-corrected chi connectivity index (χ4v) is 1.94. The molecule has 1 heterocycles. The van der Waals surface area contributed by atoms with Crippen molar-refractivity contribution in [2.24, 2.45) is 11.0 Å². The second kappa shape index (κ2) is 4.68. The molecule has 0 bridgehead atoms. The van der Waals surface area contributed by atoms with Gasteiger partial charge in [0.15, 0.2) is 5.71 Å². The maximum Gasteiger partial charge on any atom is 0.432 e. The topological polar surface area (TPSA) is 32.7 Å². The Balaban J connectivity index is 2.43. The summed E-state index contributed by atoms with van der Waals surface area (Å²) in [4.78, 5) is 11.8. The van der Waals surface area contributed by atoms with Gasteiger partial charge >= 0.3 is 6.18 Å². The van der Waals surface area contributed by atoms with Gasteiger partial charge in [-0.25, -0.2) is 0 Å². The van der Waals surface area contributed by atoms with E-state index in [-0.39, 0.29) is 15.7 Å². The van der Waals surface area contributed by atoms with E-state index >= 15 is 0 Å². The van der Waals surface area contributed by atoms with Crippen LogP contribution in [0.2, 0.25) is 10.0 Å². The number of carbonyl (C=O) groups is 1. The van der Waals surface area contributed by atoms with E-state index in [1.165, 1.54) is 18.2 Å². The minimum absolute atomic E-state index is 0.135.